The minimum atomic E-state index is -1.15. The van der Waals surface area contributed by atoms with Gasteiger partial charge in [-0.05, 0) is 87.6 Å². The molecule has 1 unspecified atom stereocenters. The number of rotatable bonds is 5. The van der Waals surface area contributed by atoms with E-state index in [0.717, 1.165) is 56.4 Å². The van der Waals surface area contributed by atoms with Gasteiger partial charge < -0.3 is 14.6 Å². The lowest BCUT2D eigenvalue weighted by Crippen LogP contribution is -2.28. The number of benzene rings is 2. The number of ether oxygens (including phenoxy) is 2. The molecule has 2 aromatic carbocycles. The molecule has 4 aromatic rings. The summed E-state index contributed by atoms with van der Waals surface area (Å²) in [5.74, 6) is 0.303. The van der Waals surface area contributed by atoms with Crippen LogP contribution in [-0.2, 0) is 16.0 Å². The van der Waals surface area contributed by atoms with E-state index in [9.17, 15) is 9.90 Å². The van der Waals surface area contributed by atoms with Gasteiger partial charge in [-0.3, -0.25) is 9.97 Å². The molecular formula is C31H32N2O4. The first-order chi connectivity index (χ1) is 17.7. The molecule has 1 fully saturated rings. The molecule has 1 N–H and O–H groups in total. The maximum atomic E-state index is 12.7. The lowest BCUT2D eigenvalue weighted by molar-refractivity contribution is -0.160. The van der Waals surface area contributed by atoms with Gasteiger partial charge in [0.25, 0.3) is 0 Å². The third kappa shape index (κ3) is 4.13. The molecule has 1 atom stereocenters. The van der Waals surface area contributed by atoms with Crippen LogP contribution in [0, 0.1) is 6.92 Å². The highest BCUT2D eigenvalue weighted by Gasteiger charge is 2.33. The summed E-state index contributed by atoms with van der Waals surface area (Å²) in [7, 11) is 0. The van der Waals surface area contributed by atoms with Crippen LogP contribution in [0.2, 0.25) is 0 Å². The number of fused-ring (bicyclic) bond motifs is 1. The zero-order chi connectivity index (χ0) is 25.9. The van der Waals surface area contributed by atoms with Crippen molar-refractivity contribution in [1.82, 2.24) is 9.97 Å². The fraction of sp³-hybridized carbons (Fsp3) is 0.387. The molecule has 2 aromatic heterocycles. The van der Waals surface area contributed by atoms with Crippen LogP contribution in [-0.4, -0.2) is 33.3 Å². The van der Waals surface area contributed by atoms with E-state index in [1.165, 1.54) is 24.8 Å². The number of carbonyl (C=O) groups is 1. The van der Waals surface area contributed by atoms with Crippen molar-refractivity contribution >= 4 is 27.8 Å². The molecule has 2 aliphatic rings. The normalized spacial score (nSPS) is 16.4. The number of aryl methyl sites for hydroxylation is 1. The lowest BCUT2D eigenvalue weighted by Gasteiger charge is -2.29. The number of carboxylic acids is 1. The second-order valence-corrected chi connectivity index (χ2v) is 11.3. The summed E-state index contributed by atoms with van der Waals surface area (Å²) in [5, 5.41) is 12.3. The Morgan fingerprint density at radius 3 is 2.68 bits per heavy atom. The Labute approximate surface area is 216 Å². The molecule has 1 saturated carbocycles. The highest BCUT2D eigenvalue weighted by molar-refractivity contribution is 6.08. The van der Waals surface area contributed by atoms with Crippen LogP contribution >= 0.6 is 0 Å². The Morgan fingerprint density at radius 1 is 1.16 bits per heavy atom. The van der Waals surface area contributed by atoms with Gasteiger partial charge in [-0.15, -0.1) is 0 Å². The van der Waals surface area contributed by atoms with E-state index in [-0.39, 0.29) is 0 Å². The molecule has 190 valence electrons. The minimum Gasteiger partial charge on any atom is -0.493 e. The first kappa shape index (κ1) is 23.9. The summed E-state index contributed by atoms with van der Waals surface area (Å²) >= 11 is 0. The standard InChI is InChI=1S/C31H32N2O4/c1-17-16-23-20(8-10-22(33-23)18-6-5-7-18)27(25(17)29(30(34)35)37-31(2,3)4)21-9-11-24-26-19(13-15-36-24)12-14-32-28(21)26/h8-12,14,16,18,29H,5-7,13,15H2,1-4H3,(H,34,35). The van der Waals surface area contributed by atoms with Crippen LogP contribution in [0.1, 0.15) is 74.4 Å². The summed E-state index contributed by atoms with van der Waals surface area (Å²) in [5.41, 5.74) is 6.52. The number of hydrogen-bond donors (Lipinski definition) is 1. The van der Waals surface area contributed by atoms with Crippen molar-refractivity contribution in [2.45, 2.75) is 71.0 Å². The highest BCUT2D eigenvalue weighted by atomic mass is 16.5. The van der Waals surface area contributed by atoms with E-state index in [1.807, 2.05) is 58.2 Å². The van der Waals surface area contributed by atoms with Gasteiger partial charge in [0, 0.05) is 46.1 Å². The van der Waals surface area contributed by atoms with Gasteiger partial charge in [-0.1, -0.05) is 12.5 Å². The quantitative estimate of drug-likeness (QED) is 0.324. The molecule has 0 amide bonds. The Hall–Kier alpha value is -3.51. The first-order valence-corrected chi connectivity index (χ1v) is 13.1. The molecule has 0 radical (unpaired) electrons. The van der Waals surface area contributed by atoms with Gasteiger partial charge in [0.05, 0.1) is 23.2 Å². The topological polar surface area (TPSA) is 81.5 Å². The fourth-order valence-corrected chi connectivity index (χ4v) is 5.69. The summed E-state index contributed by atoms with van der Waals surface area (Å²) in [6.45, 7) is 8.24. The third-order valence-corrected chi connectivity index (χ3v) is 7.58. The van der Waals surface area contributed by atoms with Crippen molar-refractivity contribution in [2.75, 3.05) is 6.61 Å². The average molecular weight is 497 g/mol. The van der Waals surface area contributed by atoms with E-state index in [4.69, 9.17) is 19.4 Å². The Bertz CT molecular complexity index is 1540. The molecule has 6 rings (SSSR count). The molecule has 0 bridgehead atoms. The van der Waals surface area contributed by atoms with E-state index >= 15 is 0 Å². The Kier molecular flexibility index (Phi) is 5.68. The molecule has 6 nitrogen and oxygen atoms in total. The Morgan fingerprint density at radius 2 is 1.97 bits per heavy atom. The smallest absolute Gasteiger partial charge is 0.337 e. The highest BCUT2D eigenvalue weighted by Crippen LogP contribution is 2.45. The van der Waals surface area contributed by atoms with Crippen molar-refractivity contribution in [3.05, 3.63) is 65.0 Å². The van der Waals surface area contributed by atoms with E-state index in [2.05, 4.69) is 12.1 Å². The molecule has 3 heterocycles. The molecule has 1 aliphatic heterocycles. The summed E-state index contributed by atoms with van der Waals surface area (Å²) in [6.07, 6.45) is 5.08. The molecular weight excluding hydrogens is 464 g/mol. The monoisotopic (exact) mass is 496 g/mol. The molecule has 37 heavy (non-hydrogen) atoms. The number of aliphatic carboxylic acids is 1. The van der Waals surface area contributed by atoms with Crippen LogP contribution in [0.4, 0.5) is 0 Å². The zero-order valence-corrected chi connectivity index (χ0v) is 21.8. The number of hydrogen-bond acceptors (Lipinski definition) is 5. The lowest BCUT2D eigenvalue weighted by atomic mass is 9.82. The predicted octanol–water partition coefficient (Wildman–Crippen LogP) is 6.90. The molecule has 1 aliphatic carbocycles. The van der Waals surface area contributed by atoms with Gasteiger partial charge in [0.1, 0.15) is 5.75 Å². The second kappa shape index (κ2) is 8.80. The molecule has 0 saturated heterocycles. The molecule has 0 spiro atoms. The SMILES string of the molecule is Cc1cc2nc(C3CCC3)ccc2c(-c2ccc3c4c(ccnc24)CCO3)c1C(OC(C)(C)C)C(=O)O. The van der Waals surface area contributed by atoms with Gasteiger partial charge in [0.2, 0.25) is 0 Å². The predicted molar refractivity (Wildman–Crippen MR) is 144 cm³/mol. The van der Waals surface area contributed by atoms with Crippen molar-refractivity contribution in [2.24, 2.45) is 0 Å². The van der Waals surface area contributed by atoms with Gasteiger partial charge in [-0.2, -0.15) is 0 Å². The number of aromatic nitrogens is 2. The van der Waals surface area contributed by atoms with E-state index < -0.39 is 17.7 Å². The van der Waals surface area contributed by atoms with Crippen LogP contribution in [0.3, 0.4) is 0 Å². The number of pyridine rings is 2. The summed E-state index contributed by atoms with van der Waals surface area (Å²) in [4.78, 5) is 22.6. The molecule has 6 heteroatoms. The van der Waals surface area contributed by atoms with Gasteiger partial charge in [0.15, 0.2) is 6.10 Å². The van der Waals surface area contributed by atoms with Crippen LogP contribution in [0.5, 0.6) is 5.75 Å². The third-order valence-electron chi connectivity index (χ3n) is 7.58. The maximum Gasteiger partial charge on any atom is 0.337 e. The van der Waals surface area contributed by atoms with Crippen LogP contribution in [0.25, 0.3) is 32.9 Å². The number of carboxylic acid groups (broad SMARTS) is 1. The zero-order valence-electron chi connectivity index (χ0n) is 21.8. The van der Waals surface area contributed by atoms with Gasteiger partial charge >= 0.3 is 5.97 Å². The first-order valence-electron chi connectivity index (χ1n) is 13.1. The fourth-order valence-electron chi connectivity index (χ4n) is 5.69. The second-order valence-electron chi connectivity index (χ2n) is 11.3. The van der Waals surface area contributed by atoms with Crippen molar-refractivity contribution < 1.29 is 19.4 Å². The maximum absolute atomic E-state index is 12.7. The minimum absolute atomic E-state index is 0.503. The van der Waals surface area contributed by atoms with E-state index in [0.29, 0.717) is 18.1 Å². The summed E-state index contributed by atoms with van der Waals surface area (Å²) in [6, 6.07) is 12.3. The number of nitrogens with zero attached hydrogens (tertiary/aromatic N) is 2. The van der Waals surface area contributed by atoms with Crippen molar-refractivity contribution in [1.29, 1.82) is 0 Å². The van der Waals surface area contributed by atoms with Gasteiger partial charge in [-0.25, -0.2) is 4.79 Å². The van der Waals surface area contributed by atoms with E-state index in [1.54, 1.807) is 0 Å². The van der Waals surface area contributed by atoms with Crippen LogP contribution < -0.4 is 4.74 Å². The average Bonchev–Trinajstić information content (AvgIpc) is 2.81. The van der Waals surface area contributed by atoms with Crippen molar-refractivity contribution in [3.63, 3.8) is 0 Å². The summed E-state index contributed by atoms with van der Waals surface area (Å²) < 4.78 is 12.2. The van der Waals surface area contributed by atoms with Crippen LogP contribution in [0.15, 0.2) is 42.6 Å². The van der Waals surface area contributed by atoms with Crippen molar-refractivity contribution in [3.8, 4) is 16.9 Å². The Balaban J connectivity index is 1.69. The largest absolute Gasteiger partial charge is 0.493 e.